The van der Waals surface area contributed by atoms with E-state index in [1.54, 1.807) is 13.3 Å². The molecule has 2 atom stereocenters. The van der Waals surface area contributed by atoms with Gasteiger partial charge in [-0.1, -0.05) is 19.8 Å². The Kier molecular flexibility index (Phi) is 6.68. The molecule has 4 rings (SSSR count). The molecule has 2 aromatic heterocycles. The first-order valence-corrected chi connectivity index (χ1v) is 11.3. The zero-order valence-electron chi connectivity index (χ0n) is 18.5. The average molecular weight is 426 g/mol. The Balaban J connectivity index is 1.47. The van der Waals surface area contributed by atoms with Crippen LogP contribution in [0.5, 0.6) is 11.6 Å². The largest absolute Gasteiger partial charge is 0.495 e. The summed E-state index contributed by atoms with van der Waals surface area (Å²) < 4.78 is 16.6. The molecule has 7 nitrogen and oxygen atoms in total. The first kappa shape index (κ1) is 21.5. The van der Waals surface area contributed by atoms with Crippen LogP contribution in [0.2, 0.25) is 0 Å². The molecule has 2 heterocycles. The monoisotopic (exact) mass is 425 g/mol. The van der Waals surface area contributed by atoms with E-state index in [2.05, 4.69) is 17.1 Å². The van der Waals surface area contributed by atoms with Crippen LogP contribution >= 0.6 is 0 Å². The number of hydrogen-bond donors (Lipinski definition) is 0. The lowest BCUT2D eigenvalue weighted by Gasteiger charge is -2.25. The van der Waals surface area contributed by atoms with E-state index in [4.69, 9.17) is 19.2 Å². The summed E-state index contributed by atoms with van der Waals surface area (Å²) in [7, 11) is 1.62. The molecule has 166 valence electrons. The molecule has 2 fully saturated rings. The van der Waals surface area contributed by atoms with Gasteiger partial charge in [0.15, 0.2) is 0 Å². The molecule has 31 heavy (non-hydrogen) atoms. The van der Waals surface area contributed by atoms with Crippen LogP contribution in [0.4, 0.5) is 0 Å². The van der Waals surface area contributed by atoms with Gasteiger partial charge in [-0.05, 0) is 50.2 Å². The van der Waals surface area contributed by atoms with Crippen molar-refractivity contribution < 1.29 is 19.0 Å². The van der Waals surface area contributed by atoms with E-state index in [1.807, 2.05) is 25.1 Å². The number of ether oxygens (including phenoxy) is 3. The zero-order chi connectivity index (χ0) is 21.8. The highest BCUT2D eigenvalue weighted by molar-refractivity contribution is 5.77. The number of carbonyl (C=O) groups is 1. The van der Waals surface area contributed by atoms with E-state index in [0.29, 0.717) is 30.8 Å². The van der Waals surface area contributed by atoms with Crippen molar-refractivity contribution in [1.29, 1.82) is 0 Å². The van der Waals surface area contributed by atoms with Gasteiger partial charge in [-0.2, -0.15) is 5.10 Å². The van der Waals surface area contributed by atoms with E-state index >= 15 is 0 Å². The smallest absolute Gasteiger partial charge is 0.309 e. The minimum Gasteiger partial charge on any atom is -0.495 e. The minimum absolute atomic E-state index is 0.0214. The molecule has 0 N–H and O–H groups in total. The van der Waals surface area contributed by atoms with Crippen molar-refractivity contribution in [3.05, 3.63) is 30.1 Å². The van der Waals surface area contributed by atoms with E-state index < -0.39 is 0 Å². The zero-order valence-corrected chi connectivity index (χ0v) is 18.5. The van der Waals surface area contributed by atoms with Crippen LogP contribution in [0.1, 0.15) is 57.6 Å². The number of carbonyl (C=O) groups excluding carboxylic acids is 1. The lowest BCUT2D eigenvalue weighted by atomic mass is 9.83. The van der Waals surface area contributed by atoms with Gasteiger partial charge in [-0.25, -0.2) is 4.98 Å². The number of methoxy groups -OCH3 is 1. The molecule has 2 aliphatic rings. The van der Waals surface area contributed by atoms with Crippen molar-refractivity contribution in [1.82, 2.24) is 15.2 Å². The minimum atomic E-state index is -0.167. The van der Waals surface area contributed by atoms with Crippen LogP contribution in [0.15, 0.2) is 24.4 Å². The standard InChI is InChI=1S/C24H31N3O4/c1-4-30-24(28)19-12-18(19)23-21(29-3)10-9-20(26-23)17-11-22(27-25-13-17)31-14-16-7-5-15(2)6-8-16/h9-11,13,15-16,18-19H,4-8,12,14H2,1-3H3/t15?,16?,18-,19-/m0/s1. The molecule has 2 saturated carbocycles. The fourth-order valence-corrected chi connectivity index (χ4v) is 4.32. The van der Waals surface area contributed by atoms with Gasteiger partial charge in [0.2, 0.25) is 5.88 Å². The first-order chi connectivity index (χ1) is 15.1. The predicted molar refractivity (Wildman–Crippen MR) is 116 cm³/mol. The Hall–Kier alpha value is -2.70. The maximum atomic E-state index is 12.1. The van der Waals surface area contributed by atoms with Gasteiger partial charge in [0.25, 0.3) is 0 Å². The third-order valence-corrected chi connectivity index (χ3v) is 6.37. The Labute approximate surface area is 183 Å². The summed E-state index contributed by atoms with van der Waals surface area (Å²) in [5, 5.41) is 8.25. The highest BCUT2D eigenvalue weighted by Gasteiger charge is 2.47. The molecule has 0 aliphatic heterocycles. The van der Waals surface area contributed by atoms with Crippen LogP contribution in [0, 0.1) is 17.8 Å². The molecule has 2 aromatic rings. The normalized spacial score (nSPS) is 25.0. The van der Waals surface area contributed by atoms with Crippen molar-refractivity contribution in [2.75, 3.05) is 20.3 Å². The van der Waals surface area contributed by atoms with Gasteiger partial charge in [0, 0.05) is 17.5 Å². The summed E-state index contributed by atoms with van der Waals surface area (Å²) in [6, 6.07) is 5.67. The number of esters is 1. The van der Waals surface area contributed by atoms with Gasteiger partial charge in [0.05, 0.1) is 43.8 Å². The summed E-state index contributed by atoms with van der Waals surface area (Å²) in [5.74, 6) is 2.32. The van der Waals surface area contributed by atoms with E-state index in [0.717, 1.165) is 29.3 Å². The van der Waals surface area contributed by atoms with E-state index in [9.17, 15) is 4.79 Å². The van der Waals surface area contributed by atoms with Gasteiger partial charge < -0.3 is 14.2 Å². The Bertz CT molecular complexity index is 911. The lowest BCUT2D eigenvalue weighted by molar-refractivity contribution is -0.144. The molecular weight excluding hydrogens is 394 g/mol. The molecule has 0 aromatic carbocycles. The Morgan fingerprint density at radius 1 is 1.19 bits per heavy atom. The number of rotatable bonds is 8. The molecule has 0 radical (unpaired) electrons. The molecule has 0 unspecified atom stereocenters. The van der Waals surface area contributed by atoms with E-state index in [-0.39, 0.29) is 17.8 Å². The van der Waals surface area contributed by atoms with Crippen LogP contribution in [-0.2, 0) is 9.53 Å². The van der Waals surface area contributed by atoms with Crippen molar-refractivity contribution in [2.24, 2.45) is 17.8 Å². The maximum absolute atomic E-state index is 12.1. The first-order valence-electron chi connectivity index (χ1n) is 11.3. The Morgan fingerprint density at radius 2 is 2.00 bits per heavy atom. The number of nitrogens with zero attached hydrogens (tertiary/aromatic N) is 3. The molecular formula is C24H31N3O4. The van der Waals surface area contributed by atoms with Gasteiger partial charge >= 0.3 is 5.97 Å². The fraction of sp³-hybridized carbons (Fsp3) is 0.583. The third kappa shape index (κ3) is 5.14. The number of pyridine rings is 1. The summed E-state index contributed by atoms with van der Waals surface area (Å²) in [4.78, 5) is 16.9. The van der Waals surface area contributed by atoms with Crippen molar-refractivity contribution >= 4 is 5.97 Å². The van der Waals surface area contributed by atoms with Gasteiger partial charge in [0.1, 0.15) is 5.75 Å². The lowest BCUT2D eigenvalue weighted by Crippen LogP contribution is -2.19. The molecule has 0 spiro atoms. The van der Waals surface area contributed by atoms with Crippen LogP contribution in [0.3, 0.4) is 0 Å². The second-order valence-corrected chi connectivity index (χ2v) is 8.70. The number of hydrogen-bond acceptors (Lipinski definition) is 7. The topological polar surface area (TPSA) is 83.4 Å². The maximum Gasteiger partial charge on any atom is 0.309 e. The molecule has 0 saturated heterocycles. The van der Waals surface area contributed by atoms with Crippen LogP contribution in [-0.4, -0.2) is 41.5 Å². The molecule has 7 heteroatoms. The molecule has 0 amide bonds. The summed E-state index contributed by atoms with van der Waals surface area (Å²) >= 11 is 0. The quantitative estimate of drug-likeness (QED) is 0.579. The Morgan fingerprint density at radius 3 is 2.74 bits per heavy atom. The second kappa shape index (κ2) is 9.62. The second-order valence-electron chi connectivity index (χ2n) is 8.70. The highest BCUT2D eigenvalue weighted by atomic mass is 16.5. The van der Waals surface area contributed by atoms with Crippen molar-refractivity contribution in [3.8, 4) is 22.9 Å². The summed E-state index contributed by atoms with van der Waals surface area (Å²) in [6.07, 6.45) is 7.37. The van der Waals surface area contributed by atoms with Crippen LogP contribution in [0.25, 0.3) is 11.3 Å². The van der Waals surface area contributed by atoms with Crippen molar-refractivity contribution in [3.63, 3.8) is 0 Å². The predicted octanol–water partition coefficient (Wildman–Crippen LogP) is 4.42. The van der Waals surface area contributed by atoms with Crippen molar-refractivity contribution in [2.45, 2.75) is 51.9 Å². The fourth-order valence-electron chi connectivity index (χ4n) is 4.32. The SMILES string of the molecule is CCOC(=O)[C@H]1C[C@@H]1c1nc(-c2cnnc(OCC3CCC(C)CC3)c2)ccc1OC. The average Bonchev–Trinajstić information content (AvgIpc) is 3.60. The number of aromatic nitrogens is 3. The summed E-state index contributed by atoms with van der Waals surface area (Å²) in [6.45, 7) is 5.20. The van der Waals surface area contributed by atoms with Crippen LogP contribution < -0.4 is 9.47 Å². The van der Waals surface area contributed by atoms with E-state index in [1.165, 1.54) is 25.7 Å². The van der Waals surface area contributed by atoms with Gasteiger partial charge in [-0.15, -0.1) is 5.10 Å². The van der Waals surface area contributed by atoms with Gasteiger partial charge in [-0.3, -0.25) is 4.79 Å². The molecule has 2 aliphatic carbocycles. The third-order valence-electron chi connectivity index (χ3n) is 6.37. The highest BCUT2D eigenvalue weighted by Crippen LogP contribution is 2.50. The summed E-state index contributed by atoms with van der Waals surface area (Å²) in [5.41, 5.74) is 2.38. The molecule has 0 bridgehead atoms.